The topological polar surface area (TPSA) is 125 Å². The molecule has 2 fully saturated rings. The van der Waals surface area contributed by atoms with Crippen LogP contribution in [0.25, 0.3) is 10.2 Å². The van der Waals surface area contributed by atoms with Crippen LogP contribution in [0, 0.1) is 0 Å². The van der Waals surface area contributed by atoms with E-state index >= 15 is 0 Å². The number of carbonyl (C=O) groups excluding carboxylic acids is 3. The van der Waals surface area contributed by atoms with Gasteiger partial charge in [0, 0.05) is 30.1 Å². The molecule has 0 bridgehead atoms. The van der Waals surface area contributed by atoms with Gasteiger partial charge in [-0.15, -0.1) is 11.3 Å². The summed E-state index contributed by atoms with van der Waals surface area (Å²) in [5.41, 5.74) is 0.420. The SMILES string of the molecule is CC(C)(O)c1cc2nc(C3CCN(Cc4ccccc4C4CCC(=O)NC4=O)CC3)sc2cc1NC(=O)c1cccc(C(F)(F)F)n1. The molecule has 1 atom stereocenters. The maximum atomic E-state index is 13.2. The van der Waals surface area contributed by atoms with Crippen LogP contribution in [0.4, 0.5) is 18.9 Å². The Morgan fingerprint density at radius 2 is 1.79 bits per heavy atom. The number of hydrogen-bond acceptors (Lipinski definition) is 8. The lowest BCUT2D eigenvalue weighted by atomic mass is 9.87. The fourth-order valence-electron chi connectivity index (χ4n) is 6.27. The van der Waals surface area contributed by atoms with Crippen molar-refractivity contribution in [2.75, 3.05) is 18.4 Å². The van der Waals surface area contributed by atoms with E-state index in [1.54, 1.807) is 26.0 Å². The Bertz CT molecular complexity index is 1840. The van der Waals surface area contributed by atoms with E-state index < -0.39 is 29.1 Å². The van der Waals surface area contributed by atoms with Crippen molar-refractivity contribution in [2.24, 2.45) is 0 Å². The summed E-state index contributed by atoms with van der Waals surface area (Å²) in [7, 11) is 0. The van der Waals surface area contributed by atoms with Crippen molar-refractivity contribution in [1.82, 2.24) is 20.2 Å². The van der Waals surface area contributed by atoms with Gasteiger partial charge in [0.15, 0.2) is 0 Å². The van der Waals surface area contributed by atoms with E-state index in [4.69, 9.17) is 4.98 Å². The van der Waals surface area contributed by atoms with Crippen molar-refractivity contribution in [3.63, 3.8) is 0 Å². The number of carbonyl (C=O) groups is 3. The van der Waals surface area contributed by atoms with Gasteiger partial charge in [-0.1, -0.05) is 30.3 Å². The van der Waals surface area contributed by atoms with Crippen molar-refractivity contribution in [2.45, 2.75) is 69.7 Å². The summed E-state index contributed by atoms with van der Waals surface area (Å²) < 4.78 is 40.3. The molecule has 47 heavy (non-hydrogen) atoms. The van der Waals surface area contributed by atoms with Gasteiger partial charge in [-0.2, -0.15) is 13.2 Å². The van der Waals surface area contributed by atoms with E-state index in [-0.39, 0.29) is 29.3 Å². The smallest absolute Gasteiger partial charge is 0.386 e. The van der Waals surface area contributed by atoms with Crippen molar-refractivity contribution in [1.29, 1.82) is 0 Å². The van der Waals surface area contributed by atoms with E-state index in [1.807, 2.05) is 24.3 Å². The molecule has 6 rings (SSSR count). The Labute approximate surface area is 273 Å². The number of hydrogen-bond donors (Lipinski definition) is 3. The lowest BCUT2D eigenvalue weighted by Gasteiger charge is -2.32. The molecule has 0 spiro atoms. The zero-order valence-corrected chi connectivity index (χ0v) is 26.7. The Kier molecular flexibility index (Phi) is 8.90. The summed E-state index contributed by atoms with van der Waals surface area (Å²) in [5, 5.41) is 17.0. The minimum absolute atomic E-state index is 0.201. The first-order valence-electron chi connectivity index (χ1n) is 15.4. The molecule has 2 aromatic heterocycles. The number of piperidine rings is 2. The van der Waals surface area contributed by atoms with Crippen molar-refractivity contribution in [3.05, 3.63) is 87.7 Å². The fourth-order valence-corrected chi connectivity index (χ4v) is 7.43. The number of likely N-dealkylation sites (tertiary alicyclic amines) is 1. The number of fused-ring (bicyclic) bond motifs is 1. The van der Waals surface area contributed by atoms with Crippen LogP contribution in [0.2, 0.25) is 0 Å². The van der Waals surface area contributed by atoms with Crippen LogP contribution in [0.15, 0.2) is 54.6 Å². The van der Waals surface area contributed by atoms with Gasteiger partial charge < -0.3 is 10.4 Å². The molecule has 13 heteroatoms. The summed E-state index contributed by atoms with van der Waals surface area (Å²) in [5.74, 6) is -1.44. The zero-order chi connectivity index (χ0) is 33.5. The molecule has 4 aromatic rings. The number of pyridine rings is 1. The predicted molar refractivity (Wildman–Crippen MR) is 171 cm³/mol. The molecule has 0 radical (unpaired) electrons. The second-order valence-corrected chi connectivity index (χ2v) is 13.7. The largest absolute Gasteiger partial charge is 0.433 e. The number of amides is 3. The van der Waals surface area contributed by atoms with E-state index in [0.29, 0.717) is 30.5 Å². The first-order valence-corrected chi connectivity index (χ1v) is 16.2. The third kappa shape index (κ3) is 7.21. The molecular weight excluding hydrogens is 631 g/mol. The predicted octanol–water partition coefficient (Wildman–Crippen LogP) is 6.09. The van der Waals surface area contributed by atoms with Crippen molar-refractivity contribution < 1.29 is 32.7 Å². The number of alkyl halides is 3. The highest BCUT2D eigenvalue weighted by Gasteiger charge is 2.34. The average Bonchev–Trinajstić information content (AvgIpc) is 3.44. The van der Waals surface area contributed by atoms with Crippen LogP contribution in [0.1, 0.15) is 89.2 Å². The standard InChI is InChI=1S/C34H34F3N5O4S/c1-33(2,46)23-16-26-27(17-25(23)39-31(45)24-8-5-9-28(38-24)34(35,36)37)47-32(40-26)19-12-14-42(15-13-19)18-20-6-3-4-7-21(20)22-10-11-29(43)41-30(22)44/h3-9,16-17,19,22,46H,10-15,18H2,1-2H3,(H,39,45)(H,41,43,44). The van der Waals surface area contributed by atoms with Gasteiger partial charge in [-0.25, -0.2) is 9.97 Å². The average molecular weight is 666 g/mol. The number of anilines is 1. The molecule has 4 heterocycles. The monoisotopic (exact) mass is 665 g/mol. The molecular formula is C34H34F3N5O4S. The molecule has 1 unspecified atom stereocenters. The number of halogens is 3. The second-order valence-electron chi connectivity index (χ2n) is 12.6. The molecule has 3 amide bonds. The van der Waals surface area contributed by atoms with Crippen LogP contribution in [0.5, 0.6) is 0 Å². The number of nitrogens with one attached hydrogen (secondary N) is 2. The van der Waals surface area contributed by atoms with Gasteiger partial charge in [0.25, 0.3) is 5.91 Å². The second kappa shape index (κ2) is 12.8. The molecule has 9 nitrogen and oxygen atoms in total. The van der Waals surface area contributed by atoms with Crippen LogP contribution < -0.4 is 10.6 Å². The number of imide groups is 1. The quantitative estimate of drug-likeness (QED) is 0.204. The number of benzene rings is 2. The van der Waals surface area contributed by atoms with E-state index in [0.717, 1.165) is 58.9 Å². The minimum atomic E-state index is -4.69. The summed E-state index contributed by atoms with van der Waals surface area (Å²) in [6.07, 6.45) is -2.13. The summed E-state index contributed by atoms with van der Waals surface area (Å²) in [4.78, 5) is 47.9. The van der Waals surface area contributed by atoms with Crippen LogP contribution in [0.3, 0.4) is 0 Å². The highest BCUT2D eigenvalue weighted by Crippen LogP contribution is 2.39. The molecule has 0 aliphatic carbocycles. The van der Waals surface area contributed by atoms with E-state index in [2.05, 4.69) is 20.5 Å². The molecule has 2 saturated heterocycles. The number of aliphatic hydroxyl groups is 1. The molecule has 0 saturated carbocycles. The first-order chi connectivity index (χ1) is 22.3. The molecule has 2 aromatic carbocycles. The van der Waals surface area contributed by atoms with Crippen LogP contribution in [-0.2, 0) is 27.9 Å². The summed E-state index contributed by atoms with van der Waals surface area (Å²) in [6, 6.07) is 14.4. The Morgan fingerprint density at radius 1 is 1.04 bits per heavy atom. The van der Waals surface area contributed by atoms with Gasteiger partial charge in [0.1, 0.15) is 11.4 Å². The molecule has 3 N–H and O–H groups in total. The maximum absolute atomic E-state index is 13.2. The van der Waals surface area contributed by atoms with Crippen molar-refractivity contribution in [3.8, 4) is 0 Å². The van der Waals surface area contributed by atoms with E-state index in [1.165, 1.54) is 17.4 Å². The highest BCUT2D eigenvalue weighted by atomic mass is 32.1. The summed E-state index contributed by atoms with van der Waals surface area (Å²) >= 11 is 1.49. The molecule has 2 aliphatic heterocycles. The van der Waals surface area contributed by atoms with Crippen LogP contribution in [-0.4, -0.2) is 50.8 Å². The van der Waals surface area contributed by atoms with Crippen molar-refractivity contribution >= 4 is 45.0 Å². The molecule has 246 valence electrons. The molecule has 2 aliphatic rings. The minimum Gasteiger partial charge on any atom is -0.386 e. The number of aromatic nitrogens is 2. The normalized spacial score (nSPS) is 18.4. The van der Waals surface area contributed by atoms with Gasteiger partial charge in [-0.3, -0.25) is 24.6 Å². The number of nitrogens with zero attached hydrogens (tertiary/aromatic N) is 3. The number of thiazole rings is 1. The highest BCUT2D eigenvalue weighted by molar-refractivity contribution is 7.18. The third-order valence-corrected chi connectivity index (χ3v) is 9.90. The van der Waals surface area contributed by atoms with Gasteiger partial charge >= 0.3 is 6.18 Å². The number of rotatable bonds is 7. The third-order valence-electron chi connectivity index (χ3n) is 8.72. The Hall–Kier alpha value is -4.20. The Morgan fingerprint density at radius 3 is 2.49 bits per heavy atom. The summed E-state index contributed by atoms with van der Waals surface area (Å²) in [6.45, 7) is 5.47. The van der Waals surface area contributed by atoms with Gasteiger partial charge in [0.2, 0.25) is 11.8 Å². The zero-order valence-electron chi connectivity index (χ0n) is 25.9. The van der Waals surface area contributed by atoms with Gasteiger partial charge in [0.05, 0.1) is 26.7 Å². The Balaban J connectivity index is 1.17. The van der Waals surface area contributed by atoms with Crippen LogP contribution >= 0.6 is 11.3 Å². The lowest BCUT2D eigenvalue weighted by molar-refractivity contribution is -0.141. The van der Waals surface area contributed by atoms with Gasteiger partial charge in [-0.05, 0) is 81.6 Å². The lowest BCUT2D eigenvalue weighted by Crippen LogP contribution is -2.40. The maximum Gasteiger partial charge on any atom is 0.433 e. The van der Waals surface area contributed by atoms with E-state index in [9.17, 15) is 32.7 Å². The fraction of sp³-hybridized carbons (Fsp3) is 0.382. The first kappa shape index (κ1) is 32.7.